The summed E-state index contributed by atoms with van der Waals surface area (Å²) >= 11 is 6.70. The highest BCUT2D eigenvalue weighted by molar-refractivity contribution is 8.18. The zero-order chi connectivity index (χ0) is 19.4. The van der Waals surface area contributed by atoms with Gasteiger partial charge in [-0.05, 0) is 36.0 Å². The van der Waals surface area contributed by atoms with Gasteiger partial charge in [0.25, 0.3) is 17.1 Å². The fourth-order valence-electron chi connectivity index (χ4n) is 2.45. The van der Waals surface area contributed by atoms with E-state index in [4.69, 9.17) is 11.6 Å². The van der Waals surface area contributed by atoms with E-state index >= 15 is 0 Å². The maximum atomic E-state index is 13.7. The average Bonchev–Trinajstić information content (AvgIpc) is 2.91. The van der Waals surface area contributed by atoms with Crippen LogP contribution in [0.1, 0.15) is 15.9 Å². The first-order valence-electron chi connectivity index (χ1n) is 8.00. The van der Waals surface area contributed by atoms with Gasteiger partial charge in [0.1, 0.15) is 5.82 Å². The molecule has 8 heteroatoms. The number of carbonyl (C=O) groups excluding carboxylic acids is 3. The van der Waals surface area contributed by atoms with Gasteiger partial charge < -0.3 is 5.32 Å². The third-order valence-corrected chi connectivity index (χ3v) is 5.04. The molecular weight excluding hydrogens is 391 g/mol. The first-order chi connectivity index (χ1) is 13.0. The number of thioether (sulfide) groups is 1. The Labute approximate surface area is 164 Å². The van der Waals surface area contributed by atoms with E-state index in [2.05, 4.69) is 5.32 Å². The zero-order valence-corrected chi connectivity index (χ0v) is 15.5. The molecule has 5 nitrogen and oxygen atoms in total. The summed E-state index contributed by atoms with van der Waals surface area (Å²) in [7, 11) is 0. The summed E-state index contributed by atoms with van der Waals surface area (Å²) in [5, 5.41) is 2.47. The van der Waals surface area contributed by atoms with Crippen LogP contribution in [0, 0.1) is 5.82 Å². The van der Waals surface area contributed by atoms with Crippen LogP contribution in [0.3, 0.4) is 0 Å². The van der Waals surface area contributed by atoms with Gasteiger partial charge in [-0.2, -0.15) is 0 Å². The first-order valence-corrected chi connectivity index (χ1v) is 9.19. The largest absolute Gasteiger partial charge is 0.350 e. The molecule has 2 aromatic rings. The summed E-state index contributed by atoms with van der Waals surface area (Å²) in [5.74, 6) is -1.38. The Balaban J connectivity index is 1.62. The second-order valence-electron chi connectivity index (χ2n) is 5.59. The molecule has 1 aliphatic heterocycles. The van der Waals surface area contributed by atoms with Gasteiger partial charge in [0.05, 0.1) is 15.5 Å². The zero-order valence-electron chi connectivity index (χ0n) is 13.9. The Hall–Kier alpha value is -2.64. The molecule has 27 heavy (non-hydrogen) atoms. The number of nitrogens with zero attached hydrogens (tertiary/aromatic N) is 1. The van der Waals surface area contributed by atoms with Crippen molar-refractivity contribution in [1.29, 1.82) is 0 Å². The molecular formula is C19H14ClFN2O3S. The number of hydrogen-bond donors (Lipinski definition) is 1. The number of halogens is 2. The molecule has 1 N–H and O–H groups in total. The van der Waals surface area contributed by atoms with Crippen molar-refractivity contribution in [2.24, 2.45) is 0 Å². The number of nitrogens with one attached hydrogen (secondary N) is 1. The predicted molar refractivity (Wildman–Crippen MR) is 103 cm³/mol. The summed E-state index contributed by atoms with van der Waals surface area (Å²) in [4.78, 5) is 37.7. The minimum atomic E-state index is -0.514. The topological polar surface area (TPSA) is 66.5 Å². The molecule has 0 unspecified atom stereocenters. The van der Waals surface area contributed by atoms with Crippen molar-refractivity contribution in [3.05, 3.63) is 75.4 Å². The second kappa shape index (κ2) is 8.37. The van der Waals surface area contributed by atoms with Crippen LogP contribution in [0.5, 0.6) is 0 Å². The summed E-state index contributed by atoms with van der Waals surface area (Å²) in [6.45, 7) is 0.0878. The van der Waals surface area contributed by atoms with Crippen LogP contribution in [0.15, 0.2) is 53.4 Å². The molecule has 0 atom stereocenters. The highest BCUT2D eigenvalue weighted by Crippen LogP contribution is 2.32. The molecule has 0 aromatic heterocycles. The van der Waals surface area contributed by atoms with Gasteiger partial charge in [-0.15, -0.1) is 0 Å². The summed E-state index contributed by atoms with van der Waals surface area (Å²) in [6, 6.07) is 12.6. The minimum absolute atomic E-state index is 0.00940. The van der Waals surface area contributed by atoms with Crippen molar-refractivity contribution in [1.82, 2.24) is 10.2 Å². The van der Waals surface area contributed by atoms with Crippen molar-refractivity contribution >= 4 is 46.5 Å². The quantitative estimate of drug-likeness (QED) is 0.766. The van der Waals surface area contributed by atoms with Gasteiger partial charge in [0, 0.05) is 18.7 Å². The molecule has 138 valence electrons. The number of amides is 3. The fourth-order valence-corrected chi connectivity index (χ4v) is 3.53. The summed E-state index contributed by atoms with van der Waals surface area (Å²) in [5.41, 5.74) is 0.544. The lowest BCUT2D eigenvalue weighted by Crippen LogP contribution is -2.37. The van der Waals surface area contributed by atoms with Crippen LogP contribution in [0.2, 0.25) is 5.02 Å². The molecule has 0 spiro atoms. The van der Waals surface area contributed by atoms with Crippen LogP contribution >= 0.6 is 23.4 Å². The normalized spacial score (nSPS) is 15.5. The number of benzene rings is 2. The molecule has 1 saturated heterocycles. The van der Waals surface area contributed by atoms with Crippen molar-refractivity contribution in [2.75, 3.05) is 13.1 Å². The van der Waals surface area contributed by atoms with Crippen molar-refractivity contribution in [3.8, 4) is 0 Å². The van der Waals surface area contributed by atoms with Crippen LogP contribution in [0.25, 0.3) is 6.08 Å². The van der Waals surface area contributed by atoms with Gasteiger partial charge in [-0.1, -0.05) is 41.9 Å². The van der Waals surface area contributed by atoms with Gasteiger partial charge in [-0.3, -0.25) is 19.3 Å². The van der Waals surface area contributed by atoms with E-state index in [1.165, 1.54) is 18.2 Å². The maximum Gasteiger partial charge on any atom is 0.293 e. The predicted octanol–water partition coefficient (Wildman–Crippen LogP) is 3.95. The monoisotopic (exact) mass is 404 g/mol. The minimum Gasteiger partial charge on any atom is -0.350 e. The molecule has 3 amide bonds. The lowest BCUT2D eigenvalue weighted by atomic mass is 10.2. The Bertz CT molecular complexity index is 948. The number of rotatable bonds is 5. The van der Waals surface area contributed by atoms with Crippen LogP contribution in [0.4, 0.5) is 9.18 Å². The number of imide groups is 1. The SMILES string of the molecule is O=C(NCCN1C(=O)S/C(=C\c2ccccc2F)C1=O)c1ccccc1Cl. The molecule has 0 saturated carbocycles. The summed E-state index contributed by atoms with van der Waals surface area (Å²) < 4.78 is 13.7. The average molecular weight is 405 g/mol. The Morgan fingerprint density at radius 1 is 1.15 bits per heavy atom. The van der Waals surface area contributed by atoms with Crippen molar-refractivity contribution < 1.29 is 18.8 Å². The van der Waals surface area contributed by atoms with Crippen molar-refractivity contribution in [3.63, 3.8) is 0 Å². The highest BCUT2D eigenvalue weighted by Gasteiger charge is 2.34. The lowest BCUT2D eigenvalue weighted by molar-refractivity contribution is -0.122. The van der Waals surface area contributed by atoms with E-state index in [9.17, 15) is 18.8 Å². The number of hydrogen-bond acceptors (Lipinski definition) is 4. The van der Waals surface area contributed by atoms with Crippen molar-refractivity contribution in [2.45, 2.75) is 0 Å². The van der Waals surface area contributed by atoms with Gasteiger partial charge in [0.2, 0.25) is 0 Å². The second-order valence-corrected chi connectivity index (χ2v) is 6.99. The molecule has 0 radical (unpaired) electrons. The Kier molecular flexibility index (Phi) is 5.93. The molecule has 1 aliphatic rings. The van der Waals surface area contributed by atoms with Gasteiger partial charge in [0.15, 0.2) is 0 Å². The highest BCUT2D eigenvalue weighted by atomic mass is 35.5. The number of carbonyl (C=O) groups is 3. The van der Waals surface area contributed by atoms with E-state index in [0.717, 1.165) is 16.7 Å². The molecule has 1 heterocycles. The molecule has 3 rings (SSSR count). The maximum absolute atomic E-state index is 13.7. The molecule has 0 aliphatic carbocycles. The summed E-state index contributed by atoms with van der Waals surface area (Å²) in [6.07, 6.45) is 1.35. The first kappa shape index (κ1) is 19.1. The molecule has 2 aromatic carbocycles. The smallest absolute Gasteiger partial charge is 0.293 e. The van der Waals surface area contributed by atoms with E-state index in [-0.39, 0.29) is 23.6 Å². The van der Waals surface area contributed by atoms with Crippen LogP contribution in [-0.4, -0.2) is 35.0 Å². The molecule has 0 bridgehead atoms. The fraction of sp³-hybridized carbons (Fsp3) is 0.105. The Morgan fingerprint density at radius 3 is 2.59 bits per heavy atom. The third-order valence-electron chi connectivity index (χ3n) is 3.80. The van der Waals surface area contributed by atoms with E-state index in [1.54, 1.807) is 36.4 Å². The van der Waals surface area contributed by atoms with Crippen LogP contribution < -0.4 is 5.32 Å². The third kappa shape index (κ3) is 4.37. The standard InChI is InChI=1S/C19H14ClFN2O3S/c20-14-7-3-2-6-13(14)17(24)22-9-10-23-18(25)16(27-19(23)26)11-12-5-1-4-8-15(12)21/h1-8,11H,9-10H2,(H,22,24)/b16-11-. The van der Waals surface area contributed by atoms with Gasteiger partial charge >= 0.3 is 0 Å². The Morgan fingerprint density at radius 2 is 1.85 bits per heavy atom. The van der Waals surface area contributed by atoms with E-state index in [1.807, 2.05) is 0 Å². The van der Waals surface area contributed by atoms with Crippen LogP contribution in [-0.2, 0) is 4.79 Å². The van der Waals surface area contributed by atoms with Gasteiger partial charge in [-0.25, -0.2) is 4.39 Å². The molecule has 1 fully saturated rings. The van der Waals surface area contributed by atoms with E-state index < -0.39 is 22.9 Å². The lowest BCUT2D eigenvalue weighted by Gasteiger charge is -2.13. The van der Waals surface area contributed by atoms with E-state index in [0.29, 0.717) is 10.6 Å².